The number of pyridine rings is 1. The number of fused-ring (bicyclic) bond motifs is 1. The number of nitrogens with zero attached hydrogens (tertiary/aromatic N) is 1. The molecule has 2 aromatic rings. The fourth-order valence-electron chi connectivity index (χ4n) is 2.17. The minimum absolute atomic E-state index is 0.237. The minimum atomic E-state index is -1.25. The standard InChI is InChI=1S/C13H12FNO3/c1-3-8-9-5-4-7(14)6-10(9)15(2)12(16)11(8)13(17)18/h4-6H,3H2,1-2H3,(H,17,18). The van der Waals surface area contributed by atoms with E-state index in [0.717, 1.165) is 0 Å². The van der Waals surface area contributed by atoms with E-state index in [4.69, 9.17) is 5.11 Å². The molecule has 0 aliphatic carbocycles. The second-order valence-corrected chi connectivity index (χ2v) is 4.04. The summed E-state index contributed by atoms with van der Waals surface area (Å²) in [6, 6.07) is 4.01. The number of hydrogen-bond acceptors (Lipinski definition) is 2. The summed E-state index contributed by atoms with van der Waals surface area (Å²) in [5.74, 6) is -1.71. The molecule has 0 unspecified atom stereocenters. The van der Waals surface area contributed by atoms with Crippen molar-refractivity contribution in [3.05, 3.63) is 45.5 Å². The van der Waals surface area contributed by atoms with E-state index in [1.807, 2.05) is 0 Å². The number of aromatic carboxylic acids is 1. The third-order valence-electron chi connectivity index (χ3n) is 3.03. The lowest BCUT2D eigenvalue weighted by molar-refractivity contribution is 0.0693. The number of carboxylic acids is 1. The highest BCUT2D eigenvalue weighted by Gasteiger charge is 2.19. The molecule has 18 heavy (non-hydrogen) atoms. The Balaban J connectivity index is 3.06. The Bertz CT molecular complexity index is 703. The Labute approximate surface area is 102 Å². The number of aromatic nitrogens is 1. The molecule has 0 amide bonds. The third-order valence-corrected chi connectivity index (χ3v) is 3.03. The predicted octanol–water partition coefficient (Wildman–Crippen LogP) is 1.94. The Morgan fingerprint density at radius 1 is 1.44 bits per heavy atom. The molecule has 1 aromatic carbocycles. The van der Waals surface area contributed by atoms with Gasteiger partial charge >= 0.3 is 5.97 Å². The molecule has 0 saturated heterocycles. The predicted molar refractivity (Wildman–Crippen MR) is 65.5 cm³/mol. The highest BCUT2D eigenvalue weighted by Crippen LogP contribution is 2.21. The van der Waals surface area contributed by atoms with E-state index in [1.54, 1.807) is 6.92 Å². The third kappa shape index (κ3) is 1.68. The first-order chi connectivity index (χ1) is 8.47. The van der Waals surface area contributed by atoms with Crippen LogP contribution < -0.4 is 5.56 Å². The van der Waals surface area contributed by atoms with Crippen molar-refractivity contribution in [1.29, 1.82) is 0 Å². The lowest BCUT2D eigenvalue weighted by Gasteiger charge is -2.12. The Morgan fingerprint density at radius 2 is 2.11 bits per heavy atom. The summed E-state index contributed by atoms with van der Waals surface area (Å²) in [4.78, 5) is 23.2. The average molecular weight is 249 g/mol. The maximum atomic E-state index is 13.2. The summed E-state index contributed by atoms with van der Waals surface area (Å²) in [7, 11) is 1.44. The number of rotatable bonds is 2. The van der Waals surface area contributed by atoms with Crippen LogP contribution in [0.3, 0.4) is 0 Å². The molecule has 0 fully saturated rings. The summed E-state index contributed by atoms with van der Waals surface area (Å²) in [5.41, 5.74) is -0.000918. The summed E-state index contributed by atoms with van der Waals surface area (Å²) >= 11 is 0. The highest BCUT2D eigenvalue weighted by atomic mass is 19.1. The van der Waals surface area contributed by atoms with E-state index in [9.17, 15) is 14.0 Å². The van der Waals surface area contributed by atoms with Crippen LogP contribution in [0.25, 0.3) is 10.9 Å². The second kappa shape index (κ2) is 4.25. The van der Waals surface area contributed by atoms with Gasteiger partial charge in [0.2, 0.25) is 0 Å². The number of carbonyl (C=O) groups is 1. The fourth-order valence-corrected chi connectivity index (χ4v) is 2.17. The van der Waals surface area contributed by atoms with Crippen molar-refractivity contribution < 1.29 is 14.3 Å². The maximum absolute atomic E-state index is 13.2. The first-order valence-corrected chi connectivity index (χ1v) is 5.51. The number of aryl methyl sites for hydroxylation is 2. The highest BCUT2D eigenvalue weighted by molar-refractivity contribution is 5.96. The lowest BCUT2D eigenvalue weighted by atomic mass is 10.0. The Morgan fingerprint density at radius 3 is 2.67 bits per heavy atom. The smallest absolute Gasteiger partial charge is 0.341 e. The van der Waals surface area contributed by atoms with Crippen LogP contribution in [0, 0.1) is 5.82 Å². The molecule has 5 heteroatoms. The summed E-state index contributed by atoms with van der Waals surface area (Å²) in [6.07, 6.45) is 0.403. The second-order valence-electron chi connectivity index (χ2n) is 4.04. The number of benzene rings is 1. The zero-order chi connectivity index (χ0) is 13.4. The van der Waals surface area contributed by atoms with Gasteiger partial charge in [-0.25, -0.2) is 9.18 Å². The summed E-state index contributed by atoms with van der Waals surface area (Å²) in [5, 5.41) is 9.72. The Kier molecular flexibility index (Phi) is 2.90. The van der Waals surface area contributed by atoms with Crippen LogP contribution in [0.4, 0.5) is 4.39 Å². The topological polar surface area (TPSA) is 59.3 Å². The van der Waals surface area contributed by atoms with Gasteiger partial charge in [0.1, 0.15) is 11.4 Å². The molecule has 2 rings (SSSR count). The van der Waals surface area contributed by atoms with Crippen molar-refractivity contribution >= 4 is 16.9 Å². The summed E-state index contributed by atoms with van der Waals surface area (Å²) < 4.78 is 14.4. The van der Waals surface area contributed by atoms with Gasteiger partial charge in [-0.1, -0.05) is 6.92 Å². The molecule has 1 N–H and O–H groups in total. The van der Waals surface area contributed by atoms with E-state index in [0.29, 0.717) is 22.9 Å². The van der Waals surface area contributed by atoms with Gasteiger partial charge in [0.15, 0.2) is 0 Å². The molecule has 0 atom stereocenters. The van der Waals surface area contributed by atoms with Crippen LogP contribution in [-0.2, 0) is 13.5 Å². The largest absolute Gasteiger partial charge is 0.477 e. The average Bonchev–Trinajstić information content (AvgIpc) is 2.33. The van der Waals surface area contributed by atoms with Crippen LogP contribution >= 0.6 is 0 Å². The van der Waals surface area contributed by atoms with E-state index in [-0.39, 0.29) is 5.56 Å². The SMILES string of the molecule is CCc1c(C(=O)O)c(=O)n(C)c2cc(F)ccc12. The molecule has 0 spiro atoms. The molecule has 94 valence electrons. The van der Waals surface area contributed by atoms with Crippen molar-refractivity contribution in [2.24, 2.45) is 7.05 Å². The van der Waals surface area contributed by atoms with Crippen molar-refractivity contribution in [2.45, 2.75) is 13.3 Å². The van der Waals surface area contributed by atoms with Crippen LogP contribution in [-0.4, -0.2) is 15.6 Å². The maximum Gasteiger partial charge on any atom is 0.341 e. The van der Waals surface area contributed by atoms with E-state index < -0.39 is 17.3 Å². The van der Waals surface area contributed by atoms with E-state index in [2.05, 4.69) is 0 Å². The molecule has 1 heterocycles. The van der Waals surface area contributed by atoms with Gasteiger partial charge < -0.3 is 9.67 Å². The van der Waals surface area contributed by atoms with Gasteiger partial charge in [0, 0.05) is 12.4 Å². The first-order valence-electron chi connectivity index (χ1n) is 5.51. The minimum Gasteiger partial charge on any atom is -0.477 e. The van der Waals surface area contributed by atoms with Gasteiger partial charge in [0.05, 0.1) is 5.52 Å². The van der Waals surface area contributed by atoms with Gasteiger partial charge in [-0.15, -0.1) is 0 Å². The summed E-state index contributed by atoms with van der Waals surface area (Å²) in [6.45, 7) is 1.77. The van der Waals surface area contributed by atoms with Gasteiger partial charge in [-0.2, -0.15) is 0 Å². The van der Waals surface area contributed by atoms with Crippen LogP contribution in [0.1, 0.15) is 22.8 Å². The van der Waals surface area contributed by atoms with Crippen LogP contribution in [0.2, 0.25) is 0 Å². The number of carboxylic acid groups (broad SMARTS) is 1. The molecule has 1 aromatic heterocycles. The molecule has 0 saturated carbocycles. The fraction of sp³-hybridized carbons (Fsp3) is 0.231. The molecule has 0 radical (unpaired) electrons. The lowest BCUT2D eigenvalue weighted by Crippen LogP contribution is -2.27. The quantitative estimate of drug-likeness (QED) is 0.884. The van der Waals surface area contributed by atoms with Crippen LogP contribution in [0.5, 0.6) is 0 Å². The van der Waals surface area contributed by atoms with Crippen molar-refractivity contribution in [3.63, 3.8) is 0 Å². The molecule has 0 aliphatic rings. The number of halogens is 1. The van der Waals surface area contributed by atoms with E-state index >= 15 is 0 Å². The molecular formula is C13H12FNO3. The monoisotopic (exact) mass is 249 g/mol. The Hall–Kier alpha value is -2.17. The van der Waals surface area contributed by atoms with E-state index in [1.165, 1.54) is 29.8 Å². The van der Waals surface area contributed by atoms with Crippen molar-refractivity contribution in [2.75, 3.05) is 0 Å². The molecule has 4 nitrogen and oxygen atoms in total. The number of hydrogen-bond donors (Lipinski definition) is 1. The normalized spacial score (nSPS) is 10.8. The van der Waals surface area contributed by atoms with Gasteiger partial charge in [-0.05, 0) is 30.2 Å². The van der Waals surface area contributed by atoms with Gasteiger partial charge in [0.25, 0.3) is 5.56 Å². The molecule has 0 bridgehead atoms. The zero-order valence-electron chi connectivity index (χ0n) is 10.0. The van der Waals surface area contributed by atoms with Crippen molar-refractivity contribution in [3.8, 4) is 0 Å². The van der Waals surface area contributed by atoms with Crippen LogP contribution in [0.15, 0.2) is 23.0 Å². The zero-order valence-corrected chi connectivity index (χ0v) is 10.0. The van der Waals surface area contributed by atoms with Crippen molar-refractivity contribution in [1.82, 2.24) is 4.57 Å². The first kappa shape index (κ1) is 12.3. The van der Waals surface area contributed by atoms with Gasteiger partial charge in [-0.3, -0.25) is 4.79 Å². The molecule has 0 aliphatic heterocycles. The molecular weight excluding hydrogens is 237 g/mol.